The number of carbonyl (C=O) groups excluding carboxylic acids is 1. The Labute approximate surface area is 117 Å². The van der Waals surface area contributed by atoms with Crippen molar-refractivity contribution in [3.05, 3.63) is 28.2 Å². The molecule has 0 aliphatic carbocycles. The van der Waals surface area contributed by atoms with Gasteiger partial charge in [0.25, 0.3) is 0 Å². The SMILES string of the molecule is CC(C)OCC(=O)Nc1cc(C(F)(F)F)ccc1Br. The summed E-state index contributed by atoms with van der Waals surface area (Å²) < 4.78 is 43.1. The normalized spacial score (nSPS) is 11.7. The minimum Gasteiger partial charge on any atom is -0.369 e. The monoisotopic (exact) mass is 339 g/mol. The average Bonchev–Trinajstić information content (AvgIpc) is 2.28. The van der Waals surface area contributed by atoms with E-state index in [0.717, 1.165) is 12.1 Å². The van der Waals surface area contributed by atoms with E-state index < -0.39 is 17.6 Å². The Morgan fingerprint density at radius 1 is 1.42 bits per heavy atom. The molecular weight excluding hydrogens is 327 g/mol. The minimum absolute atomic E-state index is 0.0622. The molecule has 1 amide bonds. The Kier molecular flexibility index (Phi) is 5.37. The molecule has 0 atom stereocenters. The molecule has 19 heavy (non-hydrogen) atoms. The van der Waals surface area contributed by atoms with Crippen LogP contribution in [0.3, 0.4) is 0 Å². The molecule has 1 aromatic rings. The van der Waals surface area contributed by atoms with Gasteiger partial charge in [-0.15, -0.1) is 0 Å². The summed E-state index contributed by atoms with van der Waals surface area (Å²) in [7, 11) is 0. The van der Waals surface area contributed by atoms with E-state index in [4.69, 9.17) is 4.74 Å². The molecule has 3 nitrogen and oxygen atoms in total. The topological polar surface area (TPSA) is 38.3 Å². The molecule has 1 rings (SSSR count). The number of ether oxygens (including phenoxy) is 1. The Morgan fingerprint density at radius 3 is 2.58 bits per heavy atom. The zero-order valence-electron chi connectivity index (χ0n) is 10.3. The molecule has 106 valence electrons. The quantitative estimate of drug-likeness (QED) is 0.905. The summed E-state index contributed by atoms with van der Waals surface area (Å²) in [6, 6.07) is 3.05. The lowest BCUT2D eigenvalue weighted by Gasteiger charge is -2.12. The lowest BCUT2D eigenvalue weighted by Crippen LogP contribution is -2.21. The standard InChI is InChI=1S/C12H13BrF3NO2/c1-7(2)19-6-11(18)17-10-5-8(12(14,15)16)3-4-9(10)13/h3-5,7H,6H2,1-2H3,(H,17,18). The molecule has 0 fully saturated rings. The highest BCUT2D eigenvalue weighted by Gasteiger charge is 2.31. The Bertz CT molecular complexity index is 461. The number of benzene rings is 1. The van der Waals surface area contributed by atoms with Crippen LogP contribution in [0.2, 0.25) is 0 Å². The van der Waals surface area contributed by atoms with Crippen molar-refractivity contribution in [2.24, 2.45) is 0 Å². The predicted octanol–water partition coefficient (Wildman–Crippen LogP) is 3.83. The lowest BCUT2D eigenvalue weighted by molar-refractivity contribution is -0.137. The van der Waals surface area contributed by atoms with E-state index in [1.54, 1.807) is 13.8 Å². The zero-order chi connectivity index (χ0) is 14.6. The van der Waals surface area contributed by atoms with E-state index in [-0.39, 0.29) is 18.4 Å². The smallest absolute Gasteiger partial charge is 0.369 e. The van der Waals surface area contributed by atoms with Gasteiger partial charge in [0.2, 0.25) is 5.91 Å². The third kappa shape index (κ3) is 5.20. The van der Waals surface area contributed by atoms with Crippen molar-refractivity contribution in [2.45, 2.75) is 26.1 Å². The number of amides is 1. The molecule has 0 radical (unpaired) electrons. The van der Waals surface area contributed by atoms with Crippen molar-refractivity contribution >= 4 is 27.5 Å². The first-order chi connectivity index (χ1) is 8.70. The van der Waals surface area contributed by atoms with Crippen LogP contribution in [0.15, 0.2) is 22.7 Å². The Morgan fingerprint density at radius 2 is 2.05 bits per heavy atom. The largest absolute Gasteiger partial charge is 0.416 e. The first-order valence-electron chi connectivity index (χ1n) is 5.48. The summed E-state index contributed by atoms with van der Waals surface area (Å²) in [6.07, 6.45) is -4.58. The number of hydrogen-bond donors (Lipinski definition) is 1. The number of carbonyl (C=O) groups is 1. The number of alkyl halides is 3. The van der Waals surface area contributed by atoms with Crippen LogP contribution in [-0.2, 0) is 15.7 Å². The third-order valence-corrected chi connectivity index (χ3v) is 2.81. The molecule has 0 heterocycles. The van der Waals surface area contributed by atoms with Crippen LogP contribution in [0.25, 0.3) is 0 Å². The van der Waals surface area contributed by atoms with E-state index >= 15 is 0 Å². The maximum atomic E-state index is 12.5. The van der Waals surface area contributed by atoms with Gasteiger partial charge in [-0.25, -0.2) is 0 Å². The van der Waals surface area contributed by atoms with Gasteiger partial charge in [0.1, 0.15) is 6.61 Å². The molecule has 0 unspecified atom stereocenters. The minimum atomic E-state index is -4.45. The van der Waals surface area contributed by atoms with Gasteiger partial charge in [0.05, 0.1) is 17.4 Å². The summed E-state index contributed by atoms with van der Waals surface area (Å²) in [5.74, 6) is -0.506. The van der Waals surface area contributed by atoms with Gasteiger partial charge in [-0.3, -0.25) is 4.79 Å². The molecule has 0 aliphatic heterocycles. The van der Waals surface area contributed by atoms with Crippen molar-refractivity contribution in [1.29, 1.82) is 0 Å². The second-order valence-electron chi connectivity index (χ2n) is 4.10. The van der Waals surface area contributed by atoms with Gasteiger partial charge in [-0.1, -0.05) is 0 Å². The number of nitrogens with one attached hydrogen (secondary N) is 1. The highest BCUT2D eigenvalue weighted by Crippen LogP contribution is 2.33. The summed E-state index contributed by atoms with van der Waals surface area (Å²) >= 11 is 3.08. The zero-order valence-corrected chi connectivity index (χ0v) is 11.9. The summed E-state index contributed by atoms with van der Waals surface area (Å²) in [6.45, 7) is 3.31. The summed E-state index contributed by atoms with van der Waals surface area (Å²) in [5.41, 5.74) is -0.761. The van der Waals surface area contributed by atoms with Gasteiger partial charge >= 0.3 is 6.18 Å². The number of anilines is 1. The molecule has 1 N–H and O–H groups in total. The van der Waals surface area contributed by atoms with E-state index in [9.17, 15) is 18.0 Å². The molecular formula is C12H13BrF3NO2. The highest BCUT2D eigenvalue weighted by molar-refractivity contribution is 9.10. The van der Waals surface area contributed by atoms with Crippen molar-refractivity contribution < 1.29 is 22.7 Å². The maximum absolute atomic E-state index is 12.5. The van der Waals surface area contributed by atoms with Crippen molar-refractivity contribution in [3.63, 3.8) is 0 Å². The van der Waals surface area contributed by atoms with Crippen LogP contribution < -0.4 is 5.32 Å². The number of halogens is 4. The molecule has 0 aromatic heterocycles. The molecule has 0 saturated heterocycles. The summed E-state index contributed by atoms with van der Waals surface area (Å²) in [4.78, 5) is 11.5. The molecule has 1 aromatic carbocycles. The van der Waals surface area contributed by atoms with Crippen LogP contribution in [0.5, 0.6) is 0 Å². The second kappa shape index (κ2) is 6.38. The molecule has 7 heteroatoms. The van der Waals surface area contributed by atoms with E-state index in [0.29, 0.717) is 4.47 Å². The number of hydrogen-bond acceptors (Lipinski definition) is 2. The van der Waals surface area contributed by atoms with Crippen LogP contribution in [0, 0.1) is 0 Å². The first-order valence-corrected chi connectivity index (χ1v) is 6.27. The summed E-state index contributed by atoms with van der Waals surface area (Å²) in [5, 5.41) is 2.37. The third-order valence-electron chi connectivity index (χ3n) is 2.12. The fraction of sp³-hybridized carbons (Fsp3) is 0.417. The van der Waals surface area contributed by atoms with Gasteiger partial charge in [0.15, 0.2) is 0 Å². The molecule has 0 bridgehead atoms. The van der Waals surface area contributed by atoms with Gasteiger partial charge in [-0.2, -0.15) is 13.2 Å². The highest BCUT2D eigenvalue weighted by atomic mass is 79.9. The fourth-order valence-corrected chi connectivity index (χ4v) is 1.57. The average molecular weight is 340 g/mol. The van der Waals surface area contributed by atoms with Gasteiger partial charge in [0, 0.05) is 4.47 Å². The molecule has 0 aliphatic rings. The van der Waals surface area contributed by atoms with Crippen molar-refractivity contribution in [1.82, 2.24) is 0 Å². The van der Waals surface area contributed by atoms with E-state index in [1.165, 1.54) is 6.07 Å². The maximum Gasteiger partial charge on any atom is 0.416 e. The van der Waals surface area contributed by atoms with Gasteiger partial charge in [-0.05, 0) is 48.0 Å². The van der Waals surface area contributed by atoms with E-state index in [2.05, 4.69) is 21.2 Å². The van der Waals surface area contributed by atoms with Crippen LogP contribution in [0.4, 0.5) is 18.9 Å². The van der Waals surface area contributed by atoms with Crippen LogP contribution >= 0.6 is 15.9 Å². The van der Waals surface area contributed by atoms with Crippen molar-refractivity contribution in [2.75, 3.05) is 11.9 Å². The molecule has 0 spiro atoms. The number of rotatable bonds is 4. The predicted molar refractivity (Wildman–Crippen MR) is 68.9 cm³/mol. The Balaban J connectivity index is 2.80. The Hall–Kier alpha value is -1.08. The lowest BCUT2D eigenvalue weighted by atomic mass is 10.2. The second-order valence-corrected chi connectivity index (χ2v) is 4.95. The van der Waals surface area contributed by atoms with Crippen LogP contribution in [0.1, 0.15) is 19.4 Å². The van der Waals surface area contributed by atoms with Gasteiger partial charge < -0.3 is 10.1 Å². The molecule has 0 saturated carbocycles. The first kappa shape index (κ1) is 16.0. The van der Waals surface area contributed by atoms with Crippen molar-refractivity contribution in [3.8, 4) is 0 Å². The van der Waals surface area contributed by atoms with E-state index in [1.807, 2.05) is 0 Å². The van der Waals surface area contributed by atoms with Crippen LogP contribution in [-0.4, -0.2) is 18.6 Å². The fourth-order valence-electron chi connectivity index (χ4n) is 1.23.